The van der Waals surface area contributed by atoms with Gasteiger partial charge < -0.3 is 15.1 Å². The number of benzene rings is 2. The minimum Gasteiger partial charge on any atom is -0.331 e. The average Bonchev–Trinajstić information content (AvgIpc) is 3.12. The van der Waals surface area contributed by atoms with E-state index in [0.717, 1.165) is 29.8 Å². The molecule has 1 atom stereocenters. The van der Waals surface area contributed by atoms with Crippen molar-refractivity contribution in [3.05, 3.63) is 65.5 Å². The van der Waals surface area contributed by atoms with Crippen LogP contribution in [0.2, 0.25) is 0 Å². The molecule has 1 saturated heterocycles. The molecule has 2 aromatic rings. The minimum atomic E-state index is -0.307. The van der Waals surface area contributed by atoms with Crippen LogP contribution in [0, 0.1) is 5.82 Å². The molecule has 2 aromatic carbocycles. The van der Waals surface area contributed by atoms with Gasteiger partial charge in [-0.25, -0.2) is 9.18 Å². The molecule has 5 nitrogen and oxygen atoms in total. The van der Waals surface area contributed by atoms with Gasteiger partial charge in [0.15, 0.2) is 0 Å². The molecule has 6 heteroatoms. The summed E-state index contributed by atoms with van der Waals surface area (Å²) >= 11 is 0. The summed E-state index contributed by atoms with van der Waals surface area (Å²) < 4.78 is 13.4. The number of hydrogen-bond donors (Lipinski definition) is 1. The first-order valence-corrected chi connectivity index (χ1v) is 9.68. The van der Waals surface area contributed by atoms with E-state index in [-0.39, 0.29) is 23.8 Å². The Balaban J connectivity index is 1.61. The molecule has 148 valence electrons. The molecular formula is C22H26FN3O2. The van der Waals surface area contributed by atoms with Gasteiger partial charge in [0.05, 0.1) is 6.04 Å². The van der Waals surface area contributed by atoms with E-state index in [1.54, 1.807) is 21.9 Å². The second-order valence-electron chi connectivity index (χ2n) is 7.06. The van der Waals surface area contributed by atoms with E-state index in [9.17, 15) is 14.0 Å². The van der Waals surface area contributed by atoms with Crippen molar-refractivity contribution in [1.82, 2.24) is 10.2 Å². The Morgan fingerprint density at radius 1 is 1.25 bits per heavy atom. The van der Waals surface area contributed by atoms with Gasteiger partial charge >= 0.3 is 6.03 Å². The van der Waals surface area contributed by atoms with Crippen molar-refractivity contribution in [3.63, 3.8) is 0 Å². The zero-order chi connectivity index (χ0) is 20.1. The van der Waals surface area contributed by atoms with Crippen molar-refractivity contribution in [2.75, 3.05) is 18.0 Å². The smallest absolute Gasteiger partial charge is 0.318 e. The Morgan fingerprint density at radius 2 is 2.00 bits per heavy atom. The van der Waals surface area contributed by atoms with Crippen molar-refractivity contribution in [3.8, 4) is 0 Å². The van der Waals surface area contributed by atoms with Crippen LogP contribution < -0.4 is 10.2 Å². The van der Waals surface area contributed by atoms with E-state index in [1.165, 1.54) is 12.1 Å². The summed E-state index contributed by atoms with van der Waals surface area (Å²) in [5.41, 5.74) is 2.61. The number of carbonyl (C=O) groups excluding carboxylic acids is 2. The van der Waals surface area contributed by atoms with Gasteiger partial charge in [0.1, 0.15) is 5.82 Å². The van der Waals surface area contributed by atoms with Crippen LogP contribution in [0.1, 0.15) is 43.9 Å². The summed E-state index contributed by atoms with van der Waals surface area (Å²) in [5, 5.41) is 2.99. The number of halogens is 1. The summed E-state index contributed by atoms with van der Waals surface area (Å²) in [6, 6.07) is 13.6. The van der Waals surface area contributed by atoms with Gasteiger partial charge in [0.2, 0.25) is 5.91 Å². The molecule has 28 heavy (non-hydrogen) atoms. The summed E-state index contributed by atoms with van der Waals surface area (Å²) in [6.45, 7) is 5.44. The van der Waals surface area contributed by atoms with Crippen LogP contribution in [0.5, 0.6) is 0 Å². The highest BCUT2D eigenvalue weighted by Crippen LogP contribution is 2.23. The Kier molecular flexibility index (Phi) is 6.29. The van der Waals surface area contributed by atoms with Gasteiger partial charge in [-0.2, -0.15) is 0 Å². The third-order valence-corrected chi connectivity index (χ3v) is 5.05. The number of hydrogen-bond acceptors (Lipinski definition) is 2. The van der Waals surface area contributed by atoms with Crippen LogP contribution in [0.25, 0.3) is 0 Å². The van der Waals surface area contributed by atoms with Crippen LogP contribution in [0.3, 0.4) is 0 Å². The molecule has 0 bridgehead atoms. The van der Waals surface area contributed by atoms with Gasteiger partial charge in [-0.15, -0.1) is 0 Å². The Labute approximate surface area is 165 Å². The van der Waals surface area contributed by atoms with E-state index in [0.29, 0.717) is 19.5 Å². The molecule has 3 amide bonds. The molecule has 1 unspecified atom stereocenters. The minimum absolute atomic E-state index is 0.157. The fourth-order valence-corrected chi connectivity index (χ4v) is 3.41. The van der Waals surface area contributed by atoms with Crippen molar-refractivity contribution in [1.29, 1.82) is 0 Å². The number of amides is 3. The summed E-state index contributed by atoms with van der Waals surface area (Å²) in [6.07, 6.45) is 1.50. The normalized spacial score (nSPS) is 14.8. The molecule has 0 radical (unpaired) electrons. The SMILES string of the molecule is CCN(Cc1cccc(F)c1)C(=O)NC(C)c1ccc(N2CCCC2=O)cc1. The van der Waals surface area contributed by atoms with Crippen molar-refractivity contribution in [2.24, 2.45) is 0 Å². The number of anilines is 1. The average molecular weight is 383 g/mol. The second-order valence-corrected chi connectivity index (χ2v) is 7.06. The standard InChI is InChI=1S/C22H26FN3O2/c1-3-25(15-17-6-4-7-19(23)14-17)22(28)24-16(2)18-9-11-20(12-10-18)26-13-5-8-21(26)27/h4,6-7,9-12,14,16H,3,5,8,13,15H2,1-2H3,(H,24,28). The largest absolute Gasteiger partial charge is 0.331 e. The van der Waals surface area contributed by atoms with E-state index >= 15 is 0 Å². The predicted octanol–water partition coefficient (Wildman–Crippen LogP) is 4.25. The van der Waals surface area contributed by atoms with Crippen LogP contribution in [0.4, 0.5) is 14.9 Å². The zero-order valence-corrected chi connectivity index (χ0v) is 16.3. The molecule has 0 aliphatic carbocycles. The van der Waals surface area contributed by atoms with Crippen LogP contribution in [0.15, 0.2) is 48.5 Å². The van der Waals surface area contributed by atoms with Gasteiger partial charge in [-0.3, -0.25) is 4.79 Å². The third-order valence-electron chi connectivity index (χ3n) is 5.05. The van der Waals surface area contributed by atoms with Gasteiger partial charge in [-0.1, -0.05) is 24.3 Å². The molecule has 1 heterocycles. The van der Waals surface area contributed by atoms with Crippen LogP contribution in [-0.2, 0) is 11.3 Å². The van der Waals surface area contributed by atoms with Gasteiger partial charge in [0, 0.05) is 31.7 Å². The maximum absolute atomic E-state index is 13.4. The molecule has 0 aromatic heterocycles. The first-order chi connectivity index (χ1) is 13.5. The molecule has 1 N–H and O–H groups in total. The first-order valence-electron chi connectivity index (χ1n) is 9.68. The molecule has 0 saturated carbocycles. The van der Waals surface area contributed by atoms with Gasteiger partial charge in [-0.05, 0) is 55.7 Å². The number of nitrogens with zero attached hydrogens (tertiary/aromatic N) is 2. The monoisotopic (exact) mass is 383 g/mol. The first kappa shape index (κ1) is 19.9. The lowest BCUT2D eigenvalue weighted by Crippen LogP contribution is -2.40. The Hall–Kier alpha value is -2.89. The highest BCUT2D eigenvalue weighted by atomic mass is 19.1. The number of carbonyl (C=O) groups is 2. The lowest BCUT2D eigenvalue weighted by molar-refractivity contribution is -0.117. The molecule has 3 rings (SSSR count). The molecule has 1 fully saturated rings. The maximum atomic E-state index is 13.4. The third kappa shape index (κ3) is 4.68. The van der Waals surface area contributed by atoms with E-state index < -0.39 is 0 Å². The van der Waals surface area contributed by atoms with Crippen molar-refractivity contribution in [2.45, 2.75) is 39.3 Å². The summed E-state index contributed by atoms with van der Waals surface area (Å²) in [7, 11) is 0. The van der Waals surface area contributed by atoms with E-state index in [1.807, 2.05) is 38.1 Å². The lowest BCUT2D eigenvalue weighted by Gasteiger charge is -2.24. The van der Waals surface area contributed by atoms with Gasteiger partial charge in [0.25, 0.3) is 0 Å². The number of nitrogens with one attached hydrogen (secondary N) is 1. The number of rotatable bonds is 6. The fraction of sp³-hybridized carbons (Fsp3) is 0.364. The zero-order valence-electron chi connectivity index (χ0n) is 16.3. The molecule has 1 aliphatic heterocycles. The summed E-state index contributed by atoms with van der Waals surface area (Å²) in [4.78, 5) is 27.9. The van der Waals surface area contributed by atoms with Crippen LogP contribution in [-0.4, -0.2) is 29.9 Å². The highest BCUT2D eigenvalue weighted by molar-refractivity contribution is 5.95. The fourth-order valence-electron chi connectivity index (χ4n) is 3.41. The predicted molar refractivity (Wildman–Crippen MR) is 107 cm³/mol. The Morgan fingerprint density at radius 3 is 2.61 bits per heavy atom. The molecule has 0 spiro atoms. The molecular weight excluding hydrogens is 357 g/mol. The second kappa shape index (κ2) is 8.87. The summed E-state index contributed by atoms with van der Waals surface area (Å²) in [5.74, 6) is -0.149. The quantitative estimate of drug-likeness (QED) is 0.811. The topological polar surface area (TPSA) is 52.7 Å². The van der Waals surface area contributed by atoms with Crippen LogP contribution >= 0.6 is 0 Å². The van der Waals surface area contributed by atoms with Crippen molar-refractivity contribution >= 4 is 17.6 Å². The van der Waals surface area contributed by atoms with E-state index in [2.05, 4.69) is 5.32 Å². The lowest BCUT2D eigenvalue weighted by atomic mass is 10.1. The number of urea groups is 1. The highest BCUT2D eigenvalue weighted by Gasteiger charge is 2.22. The van der Waals surface area contributed by atoms with E-state index in [4.69, 9.17) is 0 Å². The maximum Gasteiger partial charge on any atom is 0.318 e. The van der Waals surface area contributed by atoms with Crippen molar-refractivity contribution < 1.29 is 14.0 Å². The Bertz CT molecular complexity index is 838. The molecule has 1 aliphatic rings.